The number of hydrogen-bond acceptors (Lipinski definition) is 2. The zero-order valence-corrected chi connectivity index (χ0v) is 16.4. The zero-order chi connectivity index (χ0) is 16.7. The number of carbonyl (C=O) groups is 1. The predicted octanol–water partition coefficient (Wildman–Crippen LogP) is 4.42. The van der Waals surface area contributed by atoms with Crippen molar-refractivity contribution in [2.45, 2.75) is 20.8 Å². The van der Waals surface area contributed by atoms with Crippen molar-refractivity contribution in [2.24, 2.45) is 5.41 Å². The van der Waals surface area contributed by atoms with Crippen LogP contribution in [0.25, 0.3) is 11.3 Å². The third kappa shape index (κ3) is 5.88. The van der Waals surface area contributed by atoms with E-state index in [4.69, 9.17) is 0 Å². The van der Waals surface area contributed by atoms with Crippen molar-refractivity contribution in [3.63, 3.8) is 0 Å². The molecule has 3 rings (SSSR count). The third-order valence-corrected chi connectivity index (χ3v) is 3.12. The van der Waals surface area contributed by atoms with Crippen LogP contribution in [0.3, 0.4) is 0 Å². The number of carbonyl (C=O) groups excluding carboxylic acids is 1. The molecule has 127 valence electrons. The van der Waals surface area contributed by atoms with Gasteiger partial charge in [-0.05, 0) is 11.8 Å². The van der Waals surface area contributed by atoms with Gasteiger partial charge in [0.2, 0.25) is 0 Å². The minimum Gasteiger partial charge on any atom is -0.661 e. The van der Waals surface area contributed by atoms with Gasteiger partial charge in [-0.15, -0.1) is 35.9 Å². The Hall–Kier alpha value is -2.03. The van der Waals surface area contributed by atoms with Crippen LogP contribution in [0.1, 0.15) is 31.3 Å². The van der Waals surface area contributed by atoms with E-state index in [1.54, 1.807) is 24.5 Å². The standard InChI is InChI=1S/C11H8N.C9H13NO.Ir/c1-2-6-10(7-3-1)11-8-4-5-9-12-11;1-9(2,3)8(11)7-5-4-6-10-7;/h1-6,8-9H;4-6H,1-3H3,(H,10,11);/q-1;;/p-1. The van der Waals surface area contributed by atoms with E-state index in [2.05, 4.69) is 16.0 Å². The molecule has 0 aliphatic heterocycles. The Labute approximate surface area is 156 Å². The summed E-state index contributed by atoms with van der Waals surface area (Å²) in [6.45, 7) is 5.68. The Morgan fingerprint density at radius 1 is 1.04 bits per heavy atom. The number of Topliss-reactive ketones (excluding diaryl/α,β-unsaturated/α-hetero) is 1. The van der Waals surface area contributed by atoms with Gasteiger partial charge in [-0.3, -0.25) is 4.79 Å². The number of aromatic nitrogens is 2. The molecule has 3 nitrogen and oxygen atoms in total. The second-order valence-corrected chi connectivity index (χ2v) is 6.09. The second-order valence-electron chi connectivity index (χ2n) is 6.09. The predicted molar refractivity (Wildman–Crippen MR) is 92.1 cm³/mol. The average Bonchev–Trinajstić information content (AvgIpc) is 3.10. The molecular formula is C20H20IrN2O-2. The molecule has 0 fully saturated rings. The zero-order valence-electron chi connectivity index (χ0n) is 14.0. The van der Waals surface area contributed by atoms with Crippen molar-refractivity contribution in [1.82, 2.24) is 9.97 Å². The molecule has 1 radical (unpaired) electrons. The van der Waals surface area contributed by atoms with Gasteiger partial charge in [0.1, 0.15) is 5.78 Å². The summed E-state index contributed by atoms with van der Waals surface area (Å²) in [6, 6.07) is 20.3. The molecular weight excluding hydrogens is 476 g/mol. The van der Waals surface area contributed by atoms with Crippen LogP contribution in [0.2, 0.25) is 0 Å². The van der Waals surface area contributed by atoms with Gasteiger partial charge in [-0.1, -0.05) is 50.7 Å². The number of pyridine rings is 1. The van der Waals surface area contributed by atoms with Gasteiger partial charge < -0.3 is 9.97 Å². The summed E-state index contributed by atoms with van der Waals surface area (Å²) in [4.78, 5) is 19.6. The minimum absolute atomic E-state index is 0. The van der Waals surface area contributed by atoms with E-state index >= 15 is 0 Å². The minimum atomic E-state index is -0.318. The molecule has 2 heterocycles. The maximum atomic E-state index is 11.5. The van der Waals surface area contributed by atoms with E-state index in [9.17, 15) is 4.79 Å². The molecule has 3 aromatic rings. The van der Waals surface area contributed by atoms with E-state index in [1.165, 1.54) is 0 Å². The summed E-state index contributed by atoms with van der Waals surface area (Å²) in [6.07, 6.45) is 3.43. The van der Waals surface area contributed by atoms with Gasteiger partial charge in [0.25, 0.3) is 0 Å². The van der Waals surface area contributed by atoms with E-state index in [-0.39, 0.29) is 31.3 Å². The molecule has 0 aliphatic rings. The van der Waals surface area contributed by atoms with E-state index < -0.39 is 0 Å². The van der Waals surface area contributed by atoms with Crippen LogP contribution < -0.4 is 4.98 Å². The fourth-order valence-electron chi connectivity index (χ4n) is 1.89. The average molecular weight is 497 g/mol. The van der Waals surface area contributed by atoms with Crippen molar-refractivity contribution in [2.75, 3.05) is 0 Å². The summed E-state index contributed by atoms with van der Waals surface area (Å²) in [5.74, 6) is 0.0995. The molecule has 0 atom stereocenters. The van der Waals surface area contributed by atoms with Crippen LogP contribution in [0.15, 0.2) is 67.0 Å². The molecule has 0 saturated carbocycles. The molecule has 1 aromatic carbocycles. The van der Waals surface area contributed by atoms with Crippen LogP contribution >= 0.6 is 0 Å². The molecule has 0 unspecified atom stereocenters. The number of nitrogens with zero attached hydrogens (tertiary/aromatic N) is 2. The second kappa shape index (κ2) is 9.31. The topological polar surface area (TPSA) is 44.1 Å². The molecule has 0 bridgehead atoms. The summed E-state index contributed by atoms with van der Waals surface area (Å²) >= 11 is 0. The van der Waals surface area contributed by atoms with Crippen LogP contribution in [-0.2, 0) is 20.1 Å². The Morgan fingerprint density at radius 2 is 1.79 bits per heavy atom. The van der Waals surface area contributed by atoms with Gasteiger partial charge in [0.15, 0.2) is 0 Å². The first-order chi connectivity index (χ1) is 11.0. The maximum absolute atomic E-state index is 11.5. The van der Waals surface area contributed by atoms with Gasteiger partial charge >= 0.3 is 0 Å². The summed E-state index contributed by atoms with van der Waals surface area (Å²) < 4.78 is 0. The summed E-state index contributed by atoms with van der Waals surface area (Å²) in [5, 5.41) is 0. The molecule has 0 amide bonds. The SMILES string of the molecule is CC(C)(C)C(=O)c1ccc[n-]1.[Ir].[c-]1ccccc1-c1ccccn1. The molecule has 0 aliphatic carbocycles. The van der Waals surface area contributed by atoms with E-state index in [0.29, 0.717) is 5.69 Å². The van der Waals surface area contributed by atoms with Crippen LogP contribution in [0, 0.1) is 11.5 Å². The van der Waals surface area contributed by atoms with Gasteiger partial charge in [0.05, 0.1) is 0 Å². The van der Waals surface area contributed by atoms with Crippen molar-refractivity contribution in [1.29, 1.82) is 0 Å². The molecule has 0 saturated heterocycles. The number of rotatable bonds is 2. The van der Waals surface area contributed by atoms with Crippen molar-refractivity contribution < 1.29 is 24.9 Å². The summed E-state index contributed by atoms with van der Waals surface area (Å²) in [7, 11) is 0. The molecule has 2 aromatic heterocycles. The first kappa shape index (κ1) is 20.0. The Balaban J connectivity index is 0.000000232. The first-order valence-electron chi connectivity index (χ1n) is 7.49. The quantitative estimate of drug-likeness (QED) is 0.390. The monoisotopic (exact) mass is 497 g/mol. The molecule has 0 spiro atoms. The van der Waals surface area contributed by atoms with E-state index in [1.807, 2.05) is 63.2 Å². The number of ketones is 1. The number of hydrogen-bond donors (Lipinski definition) is 0. The van der Waals surface area contributed by atoms with Crippen LogP contribution in [0.4, 0.5) is 0 Å². The normalized spacial score (nSPS) is 10.1. The van der Waals surface area contributed by atoms with Gasteiger partial charge in [-0.2, -0.15) is 6.20 Å². The smallest absolute Gasteiger partial charge is 0.146 e. The fourth-order valence-corrected chi connectivity index (χ4v) is 1.89. The molecule has 4 heteroatoms. The molecule has 0 N–H and O–H groups in total. The number of benzene rings is 1. The molecule has 24 heavy (non-hydrogen) atoms. The van der Waals surface area contributed by atoms with Crippen molar-refractivity contribution >= 4 is 5.78 Å². The Bertz CT molecular complexity index is 680. The van der Waals surface area contributed by atoms with Crippen LogP contribution in [-0.4, -0.2) is 10.8 Å². The largest absolute Gasteiger partial charge is 0.661 e. The Kier molecular flexibility index (Phi) is 7.76. The van der Waals surface area contributed by atoms with Gasteiger partial charge in [0, 0.05) is 31.7 Å². The first-order valence-corrected chi connectivity index (χ1v) is 7.49. The van der Waals surface area contributed by atoms with Crippen LogP contribution in [0.5, 0.6) is 0 Å². The van der Waals surface area contributed by atoms with Crippen molar-refractivity contribution in [3.8, 4) is 11.3 Å². The van der Waals surface area contributed by atoms with Crippen molar-refractivity contribution in [3.05, 3.63) is 78.8 Å². The third-order valence-electron chi connectivity index (χ3n) is 3.12. The van der Waals surface area contributed by atoms with E-state index in [0.717, 1.165) is 11.3 Å². The Morgan fingerprint density at radius 3 is 2.29 bits per heavy atom. The summed E-state index contributed by atoms with van der Waals surface area (Å²) in [5.41, 5.74) is 2.26. The fraction of sp³-hybridized carbons (Fsp3) is 0.200. The maximum Gasteiger partial charge on any atom is 0.146 e. The van der Waals surface area contributed by atoms with Gasteiger partial charge in [-0.25, -0.2) is 0 Å².